The second kappa shape index (κ2) is 10.7. The van der Waals surface area contributed by atoms with E-state index < -0.39 is 29.6 Å². The molecule has 9 heteroatoms. The summed E-state index contributed by atoms with van der Waals surface area (Å²) in [5, 5.41) is 10.3. The van der Waals surface area contributed by atoms with E-state index in [1.165, 1.54) is 12.1 Å². The number of nitrogens with zero attached hydrogens (tertiary/aromatic N) is 1. The second-order valence-corrected chi connectivity index (χ2v) is 9.29. The number of carbonyl (C=O) groups is 4. The number of hydrogen-bond donors (Lipinski definition) is 1. The Hall–Kier alpha value is -4.11. The Morgan fingerprint density at radius 2 is 1.75 bits per heavy atom. The van der Waals surface area contributed by atoms with Gasteiger partial charge >= 0.3 is 11.9 Å². The van der Waals surface area contributed by atoms with Crippen LogP contribution in [0.3, 0.4) is 0 Å². The molecule has 0 atom stereocenters. The average Bonchev–Trinajstić information content (AvgIpc) is 3.10. The molecule has 2 amide bonds. The first-order chi connectivity index (χ1) is 17.2. The van der Waals surface area contributed by atoms with E-state index in [0.717, 1.165) is 33.0 Å². The molecule has 4 rings (SSSR count). The van der Waals surface area contributed by atoms with Crippen molar-refractivity contribution in [3.8, 4) is 5.75 Å². The minimum atomic E-state index is -1.01. The van der Waals surface area contributed by atoms with Gasteiger partial charge in [0.05, 0.1) is 16.6 Å². The van der Waals surface area contributed by atoms with Crippen molar-refractivity contribution in [1.29, 1.82) is 0 Å². The molecular weight excluding hydrogens is 482 g/mol. The van der Waals surface area contributed by atoms with Crippen LogP contribution in [0.25, 0.3) is 16.8 Å². The minimum Gasteiger partial charge on any atom is -0.488 e. The van der Waals surface area contributed by atoms with Crippen LogP contribution in [0.1, 0.15) is 35.3 Å². The van der Waals surface area contributed by atoms with Crippen molar-refractivity contribution < 1.29 is 33.8 Å². The van der Waals surface area contributed by atoms with Gasteiger partial charge in [0.2, 0.25) is 0 Å². The predicted molar refractivity (Wildman–Crippen MR) is 136 cm³/mol. The van der Waals surface area contributed by atoms with Crippen molar-refractivity contribution in [3.63, 3.8) is 0 Å². The van der Waals surface area contributed by atoms with E-state index in [2.05, 4.69) is 0 Å². The van der Waals surface area contributed by atoms with Crippen molar-refractivity contribution in [3.05, 3.63) is 82.3 Å². The molecule has 3 aromatic rings. The molecule has 0 unspecified atom stereocenters. The van der Waals surface area contributed by atoms with Crippen LogP contribution < -0.4 is 4.74 Å². The van der Waals surface area contributed by atoms with Crippen molar-refractivity contribution in [2.24, 2.45) is 0 Å². The smallest absolute Gasteiger partial charge is 0.335 e. The number of benzene rings is 3. The highest BCUT2D eigenvalue weighted by Gasteiger charge is 2.37. The van der Waals surface area contributed by atoms with E-state index in [1.54, 1.807) is 38.1 Å². The summed E-state index contributed by atoms with van der Waals surface area (Å²) in [6.07, 6.45) is 1.24. The zero-order valence-electron chi connectivity index (χ0n) is 19.6. The van der Waals surface area contributed by atoms with Crippen LogP contribution >= 0.6 is 11.8 Å². The molecule has 1 N–H and O–H groups in total. The molecule has 3 aromatic carbocycles. The van der Waals surface area contributed by atoms with E-state index >= 15 is 0 Å². The lowest BCUT2D eigenvalue weighted by Crippen LogP contribution is -2.35. The quantitative estimate of drug-likeness (QED) is 0.332. The summed E-state index contributed by atoms with van der Waals surface area (Å²) in [7, 11) is 0. The maximum atomic E-state index is 13.0. The second-order valence-electron chi connectivity index (χ2n) is 8.30. The van der Waals surface area contributed by atoms with Gasteiger partial charge in [0, 0.05) is 5.56 Å². The molecule has 1 fully saturated rings. The van der Waals surface area contributed by atoms with E-state index in [-0.39, 0.29) is 23.2 Å². The number of rotatable bonds is 8. The van der Waals surface area contributed by atoms with Crippen LogP contribution in [0.5, 0.6) is 5.75 Å². The number of fused-ring (bicyclic) bond motifs is 1. The normalized spacial score (nSPS) is 14.6. The minimum absolute atomic E-state index is 0.168. The van der Waals surface area contributed by atoms with Crippen LogP contribution in [0.15, 0.2) is 65.6 Å². The zero-order chi connectivity index (χ0) is 25.8. The van der Waals surface area contributed by atoms with Gasteiger partial charge in [-0.1, -0.05) is 42.5 Å². The molecule has 0 bridgehead atoms. The SMILES string of the molecule is CC(C)OC(=O)CN1C(=O)S/C(=C/c2c(OCc3ccc(C(=O)O)cc3)ccc3ccccc23)C1=O. The molecule has 8 nitrogen and oxygen atoms in total. The predicted octanol–water partition coefficient (Wildman–Crippen LogP) is 5.10. The number of carboxylic acids is 1. The monoisotopic (exact) mass is 505 g/mol. The number of thioether (sulfide) groups is 1. The van der Waals surface area contributed by atoms with Crippen LogP contribution in [0.2, 0.25) is 0 Å². The first kappa shape index (κ1) is 25.0. The molecule has 184 valence electrons. The van der Waals surface area contributed by atoms with Crippen molar-refractivity contribution >= 4 is 51.7 Å². The zero-order valence-corrected chi connectivity index (χ0v) is 20.4. The third-order valence-electron chi connectivity index (χ3n) is 5.33. The van der Waals surface area contributed by atoms with E-state index in [4.69, 9.17) is 14.6 Å². The molecule has 0 saturated carbocycles. The Morgan fingerprint density at radius 1 is 1.03 bits per heavy atom. The van der Waals surface area contributed by atoms with Gasteiger partial charge in [-0.15, -0.1) is 0 Å². The van der Waals surface area contributed by atoms with Crippen LogP contribution in [-0.4, -0.2) is 45.7 Å². The summed E-state index contributed by atoms with van der Waals surface area (Å²) in [4.78, 5) is 49.6. The fourth-order valence-corrected chi connectivity index (χ4v) is 4.47. The van der Waals surface area contributed by atoms with Crippen molar-refractivity contribution in [1.82, 2.24) is 4.90 Å². The number of carboxylic acid groups (broad SMARTS) is 1. The highest BCUT2D eigenvalue weighted by molar-refractivity contribution is 8.18. The molecule has 1 heterocycles. The lowest BCUT2D eigenvalue weighted by molar-refractivity contribution is -0.149. The van der Waals surface area contributed by atoms with Gasteiger partial charge in [0.15, 0.2) is 0 Å². The number of hydrogen-bond acceptors (Lipinski definition) is 7. The Morgan fingerprint density at radius 3 is 2.44 bits per heavy atom. The average molecular weight is 506 g/mol. The van der Waals surface area contributed by atoms with E-state index in [9.17, 15) is 19.2 Å². The summed E-state index contributed by atoms with van der Waals surface area (Å²) < 4.78 is 11.1. The maximum absolute atomic E-state index is 13.0. The summed E-state index contributed by atoms with van der Waals surface area (Å²) in [5.74, 6) is -1.75. The van der Waals surface area contributed by atoms with Gasteiger partial charge < -0.3 is 14.6 Å². The molecule has 0 aliphatic carbocycles. The van der Waals surface area contributed by atoms with Gasteiger partial charge in [-0.2, -0.15) is 0 Å². The first-order valence-corrected chi connectivity index (χ1v) is 12.0. The van der Waals surface area contributed by atoms with Crippen molar-refractivity contribution in [2.75, 3.05) is 6.54 Å². The molecule has 0 spiro atoms. The van der Waals surface area contributed by atoms with E-state index in [1.807, 2.05) is 30.3 Å². The van der Waals surface area contributed by atoms with Crippen molar-refractivity contribution in [2.45, 2.75) is 26.6 Å². The van der Waals surface area contributed by atoms with Crippen LogP contribution in [-0.2, 0) is 20.9 Å². The number of imide groups is 1. The molecule has 1 aliphatic heterocycles. The fraction of sp³-hybridized carbons (Fsp3) is 0.185. The highest BCUT2D eigenvalue weighted by Crippen LogP contribution is 2.37. The Bertz CT molecular complexity index is 1380. The van der Waals surface area contributed by atoms with Gasteiger partial charge in [-0.25, -0.2) is 4.79 Å². The molecule has 1 saturated heterocycles. The van der Waals surface area contributed by atoms with Gasteiger partial charge in [-0.3, -0.25) is 19.3 Å². The maximum Gasteiger partial charge on any atom is 0.335 e. The number of ether oxygens (including phenoxy) is 2. The van der Waals surface area contributed by atoms with Crippen LogP contribution in [0, 0.1) is 0 Å². The summed E-state index contributed by atoms with van der Waals surface area (Å²) in [6, 6.07) is 17.6. The number of aromatic carboxylic acids is 1. The molecule has 1 aliphatic rings. The molecule has 36 heavy (non-hydrogen) atoms. The lowest BCUT2D eigenvalue weighted by atomic mass is 10.0. The van der Waals surface area contributed by atoms with E-state index in [0.29, 0.717) is 11.3 Å². The Balaban J connectivity index is 1.63. The van der Waals surface area contributed by atoms with Crippen LogP contribution in [0.4, 0.5) is 4.79 Å². The number of esters is 1. The number of carbonyl (C=O) groups excluding carboxylic acids is 3. The standard InChI is InChI=1S/C27H23NO7S/c1-16(2)35-24(29)14-28-25(30)23(36-27(28)33)13-21-20-6-4-3-5-18(20)11-12-22(21)34-15-17-7-9-19(10-8-17)26(31)32/h3-13,16H,14-15H2,1-2H3,(H,31,32)/b23-13+. The van der Waals surface area contributed by atoms with Gasteiger partial charge in [-0.05, 0) is 66.2 Å². The summed E-state index contributed by atoms with van der Waals surface area (Å²) in [5.41, 5.74) is 1.56. The largest absolute Gasteiger partial charge is 0.488 e. The summed E-state index contributed by atoms with van der Waals surface area (Å²) >= 11 is 0.753. The number of amides is 2. The van der Waals surface area contributed by atoms with Gasteiger partial charge in [0.25, 0.3) is 11.1 Å². The fourth-order valence-electron chi connectivity index (χ4n) is 3.65. The molecule has 0 radical (unpaired) electrons. The highest BCUT2D eigenvalue weighted by atomic mass is 32.2. The summed E-state index contributed by atoms with van der Waals surface area (Å²) in [6.45, 7) is 3.09. The lowest BCUT2D eigenvalue weighted by Gasteiger charge is -2.14. The molecular formula is C27H23NO7S. The third-order valence-corrected chi connectivity index (χ3v) is 6.24. The topological polar surface area (TPSA) is 110 Å². The third kappa shape index (κ3) is 5.58. The Kier molecular flexibility index (Phi) is 7.40. The Labute approximate surface area is 211 Å². The first-order valence-electron chi connectivity index (χ1n) is 11.1. The van der Waals surface area contributed by atoms with Gasteiger partial charge in [0.1, 0.15) is 18.9 Å². The molecule has 0 aromatic heterocycles.